The highest BCUT2D eigenvalue weighted by molar-refractivity contribution is 5.22. The third kappa shape index (κ3) is 7.58. The van der Waals surface area contributed by atoms with Gasteiger partial charge in [-0.05, 0) is 69.6 Å². The SMILES string of the molecule is CCC#CC[C@H](C)[C@@H](C#C[C@@H]1[C@H]2CC(=CCO)C[C@H]2C[C@H]1OC1CCCCO1)OC1CCCCO1. The van der Waals surface area contributed by atoms with Gasteiger partial charge in [0.1, 0.15) is 6.10 Å². The van der Waals surface area contributed by atoms with Crippen LogP contribution in [-0.4, -0.2) is 49.7 Å². The van der Waals surface area contributed by atoms with Crippen molar-refractivity contribution >= 4 is 0 Å². The summed E-state index contributed by atoms with van der Waals surface area (Å²) in [4.78, 5) is 0. The minimum atomic E-state index is -0.205. The number of hydrogen-bond donors (Lipinski definition) is 1. The molecule has 4 fully saturated rings. The zero-order valence-electron chi connectivity index (χ0n) is 21.7. The molecule has 0 radical (unpaired) electrons. The van der Waals surface area contributed by atoms with Gasteiger partial charge in [-0.1, -0.05) is 37.3 Å². The number of allylic oxidation sites excluding steroid dienone is 1. The van der Waals surface area contributed by atoms with Gasteiger partial charge in [0, 0.05) is 32.0 Å². The van der Waals surface area contributed by atoms with Crippen molar-refractivity contribution in [1.82, 2.24) is 0 Å². The molecule has 2 aliphatic carbocycles. The normalized spacial score (nSPS) is 35.5. The Labute approximate surface area is 212 Å². The Balaban J connectivity index is 1.51. The standard InChI is InChI=1S/C30H44O5/c1-3-4-5-10-22(2)27(34-29-11-6-8-17-32-29)14-13-25-26-20-23(15-16-31)19-24(26)21-28(25)35-30-12-7-9-18-33-30/h15,22,24-31H,3,6-12,16-21H2,1-2H3/t22-,24-,25+,26-,27+,28+,29?,30?/m0/s1. The highest BCUT2D eigenvalue weighted by Gasteiger charge is 2.47. The van der Waals surface area contributed by atoms with Crippen molar-refractivity contribution in [1.29, 1.82) is 0 Å². The van der Waals surface area contributed by atoms with Crippen LogP contribution < -0.4 is 0 Å². The van der Waals surface area contributed by atoms with E-state index in [0.29, 0.717) is 11.8 Å². The molecule has 2 saturated carbocycles. The molecule has 2 heterocycles. The van der Waals surface area contributed by atoms with Crippen LogP contribution in [0.3, 0.4) is 0 Å². The topological polar surface area (TPSA) is 57.2 Å². The van der Waals surface area contributed by atoms with Crippen LogP contribution in [0.15, 0.2) is 11.6 Å². The fourth-order valence-electron chi connectivity index (χ4n) is 6.03. The van der Waals surface area contributed by atoms with Crippen molar-refractivity contribution in [3.63, 3.8) is 0 Å². The Bertz CT molecular complexity index is 802. The minimum Gasteiger partial charge on any atom is -0.392 e. The molecule has 0 amide bonds. The van der Waals surface area contributed by atoms with Crippen molar-refractivity contribution in [2.45, 2.75) is 109 Å². The molecule has 0 bridgehead atoms. The molecule has 4 aliphatic rings. The summed E-state index contributed by atoms with van der Waals surface area (Å²) >= 11 is 0. The van der Waals surface area contributed by atoms with Gasteiger partial charge in [0.25, 0.3) is 0 Å². The van der Waals surface area contributed by atoms with E-state index in [-0.39, 0.29) is 43.2 Å². The van der Waals surface area contributed by atoms with Crippen molar-refractivity contribution in [2.75, 3.05) is 19.8 Å². The van der Waals surface area contributed by atoms with Crippen LogP contribution in [0.5, 0.6) is 0 Å². The summed E-state index contributed by atoms with van der Waals surface area (Å²) in [6.45, 7) is 5.94. The maximum Gasteiger partial charge on any atom is 0.159 e. The first-order valence-corrected chi connectivity index (χ1v) is 14.0. The zero-order valence-corrected chi connectivity index (χ0v) is 21.7. The van der Waals surface area contributed by atoms with Gasteiger partial charge < -0.3 is 24.1 Å². The Morgan fingerprint density at radius 3 is 2.51 bits per heavy atom. The highest BCUT2D eigenvalue weighted by atomic mass is 16.7. The summed E-state index contributed by atoms with van der Waals surface area (Å²) in [6, 6.07) is 0. The molecule has 2 aliphatic heterocycles. The largest absolute Gasteiger partial charge is 0.392 e. The average molecular weight is 485 g/mol. The van der Waals surface area contributed by atoms with Crippen LogP contribution in [-0.2, 0) is 18.9 Å². The number of aliphatic hydroxyl groups is 1. The molecule has 0 aromatic carbocycles. The Morgan fingerprint density at radius 1 is 1.06 bits per heavy atom. The lowest BCUT2D eigenvalue weighted by molar-refractivity contribution is -0.192. The zero-order chi connectivity index (χ0) is 24.5. The molecule has 2 saturated heterocycles. The molecular formula is C30H44O5. The first-order valence-electron chi connectivity index (χ1n) is 14.0. The molecule has 194 valence electrons. The van der Waals surface area contributed by atoms with Crippen molar-refractivity contribution < 1.29 is 24.1 Å². The molecule has 0 aromatic rings. The lowest BCUT2D eigenvalue weighted by Gasteiger charge is -2.29. The van der Waals surface area contributed by atoms with E-state index in [1.807, 2.05) is 6.08 Å². The molecular weight excluding hydrogens is 440 g/mol. The van der Waals surface area contributed by atoms with Crippen LogP contribution in [0.4, 0.5) is 0 Å². The van der Waals surface area contributed by atoms with Gasteiger partial charge in [0.05, 0.1) is 18.6 Å². The second kappa shape index (κ2) is 13.8. The third-order valence-electron chi connectivity index (χ3n) is 7.94. The molecule has 5 nitrogen and oxygen atoms in total. The van der Waals surface area contributed by atoms with Crippen molar-refractivity contribution in [3.8, 4) is 23.7 Å². The summed E-state index contributed by atoms with van der Waals surface area (Å²) in [5, 5.41) is 9.42. The van der Waals surface area contributed by atoms with Crippen LogP contribution in [0.2, 0.25) is 0 Å². The molecule has 0 spiro atoms. The van der Waals surface area contributed by atoms with Crippen molar-refractivity contribution in [3.05, 3.63) is 11.6 Å². The second-order valence-corrected chi connectivity index (χ2v) is 10.6. The van der Waals surface area contributed by atoms with E-state index in [1.54, 1.807) is 0 Å². The van der Waals surface area contributed by atoms with Gasteiger partial charge in [0.2, 0.25) is 0 Å². The smallest absolute Gasteiger partial charge is 0.159 e. The third-order valence-corrected chi connectivity index (χ3v) is 7.94. The van der Waals surface area contributed by atoms with Gasteiger partial charge in [-0.15, -0.1) is 11.8 Å². The van der Waals surface area contributed by atoms with E-state index < -0.39 is 0 Å². The Hall–Kier alpha value is -1.34. The highest BCUT2D eigenvalue weighted by Crippen LogP contribution is 2.51. The summed E-state index contributed by atoms with van der Waals surface area (Å²) in [7, 11) is 0. The number of ether oxygens (including phenoxy) is 4. The minimum absolute atomic E-state index is 0.0954. The van der Waals surface area contributed by atoms with E-state index in [2.05, 4.69) is 37.5 Å². The summed E-state index contributed by atoms with van der Waals surface area (Å²) in [5.41, 5.74) is 1.37. The molecule has 8 atom stereocenters. The van der Waals surface area contributed by atoms with E-state index in [0.717, 1.165) is 83.8 Å². The monoisotopic (exact) mass is 484 g/mol. The average Bonchev–Trinajstić information content (AvgIpc) is 3.40. The molecule has 2 unspecified atom stereocenters. The lowest BCUT2D eigenvalue weighted by Crippen LogP contribution is -2.32. The number of fused-ring (bicyclic) bond motifs is 1. The van der Waals surface area contributed by atoms with Crippen LogP contribution in [0, 0.1) is 47.4 Å². The van der Waals surface area contributed by atoms with Gasteiger partial charge in [0.15, 0.2) is 12.6 Å². The summed E-state index contributed by atoms with van der Waals surface area (Å²) in [5.74, 6) is 15.1. The molecule has 4 rings (SSSR count). The predicted molar refractivity (Wildman–Crippen MR) is 136 cm³/mol. The number of aliphatic hydroxyl groups excluding tert-OH is 1. The lowest BCUT2D eigenvalue weighted by atomic mass is 9.90. The summed E-state index contributed by atoms with van der Waals surface area (Å²) < 4.78 is 24.8. The Kier molecular flexibility index (Phi) is 10.6. The number of rotatable bonds is 7. The molecule has 1 N–H and O–H groups in total. The first-order chi connectivity index (χ1) is 17.2. The first kappa shape index (κ1) is 26.7. The maximum absolute atomic E-state index is 9.42. The van der Waals surface area contributed by atoms with Crippen LogP contribution in [0.25, 0.3) is 0 Å². The van der Waals surface area contributed by atoms with E-state index in [4.69, 9.17) is 18.9 Å². The Morgan fingerprint density at radius 2 is 1.83 bits per heavy atom. The molecule has 5 heteroatoms. The second-order valence-electron chi connectivity index (χ2n) is 10.6. The van der Waals surface area contributed by atoms with Gasteiger partial charge in [-0.25, -0.2) is 0 Å². The summed E-state index contributed by atoms with van der Waals surface area (Å²) in [6.07, 6.45) is 12.7. The maximum atomic E-state index is 9.42. The van der Waals surface area contributed by atoms with Gasteiger partial charge >= 0.3 is 0 Å². The number of hydrogen-bond acceptors (Lipinski definition) is 5. The van der Waals surface area contributed by atoms with Crippen LogP contribution >= 0.6 is 0 Å². The molecule has 35 heavy (non-hydrogen) atoms. The fraction of sp³-hybridized carbons (Fsp3) is 0.800. The van der Waals surface area contributed by atoms with E-state index in [9.17, 15) is 5.11 Å². The van der Waals surface area contributed by atoms with E-state index >= 15 is 0 Å². The fourth-order valence-corrected chi connectivity index (χ4v) is 6.03. The van der Waals surface area contributed by atoms with Gasteiger partial charge in [-0.2, -0.15) is 0 Å². The van der Waals surface area contributed by atoms with Crippen LogP contribution in [0.1, 0.15) is 84.5 Å². The quantitative estimate of drug-likeness (QED) is 0.397. The van der Waals surface area contributed by atoms with E-state index in [1.165, 1.54) is 5.57 Å². The molecule has 0 aromatic heterocycles. The van der Waals surface area contributed by atoms with Gasteiger partial charge in [-0.3, -0.25) is 0 Å². The predicted octanol–water partition coefficient (Wildman–Crippen LogP) is 5.22. The van der Waals surface area contributed by atoms with Crippen molar-refractivity contribution in [2.24, 2.45) is 23.7 Å².